The molecule has 0 atom stereocenters. The van der Waals surface area contributed by atoms with E-state index in [2.05, 4.69) is 85.8 Å². The minimum absolute atomic E-state index is 0.0396. The summed E-state index contributed by atoms with van der Waals surface area (Å²) in [4.78, 5) is 31.6. The van der Waals surface area contributed by atoms with Gasteiger partial charge in [-0.2, -0.15) is 18.6 Å². The molecule has 372 valence electrons. The molecule has 0 amide bonds. The predicted octanol–water partition coefficient (Wildman–Crippen LogP) is 6.63. The van der Waals surface area contributed by atoms with E-state index in [-0.39, 0.29) is 52.9 Å². The van der Waals surface area contributed by atoms with Crippen LogP contribution in [0.25, 0.3) is 11.6 Å². The van der Waals surface area contributed by atoms with Gasteiger partial charge in [-0.3, -0.25) is 9.36 Å². The van der Waals surface area contributed by atoms with E-state index < -0.39 is 32.1 Å². The number of primary sulfonamides is 1. The standard InChI is InChI=1S/C22H26ClN5O5S.C17H20ClN3O3.C5H9N3O2S/c1-13-15(11-24-27(13)6)34(30,31)33-20(29)14-7-8-17(25-19(14)23)28-10-9-18(26-28)32-12-16-21(2,3)22(16,4)5;1-16(2)11(17(16,3)4)9-24-13-7-8-21(20-13)12-6-5-10(15(22)23)14(18)19-12;1-4-5(11(6,9)10)3-7-8(4)2/h7-11,16H,12H2,1-6H3;5-8,11H,9H2,1-4H3,(H,22,23);3H,1-2H3,(H2,6,9,10). The highest BCUT2D eigenvalue weighted by Crippen LogP contribution is 2.69. The summed E-state index contributed by atoms with van der Waals surface area (Å²) in [6.07, 6.45) is 5.72. The van der Waals surface area contributed by atoms with Gasteiger partial charge in [0.15, 0.2) is 11.6 Å². The second-order valence-electron chi connectivity index (χ2n) is 18.9. The number of carbonyl (C=O) groups is 2. The Bertz CT molecular complexity index is 3130. The molecule has 69 heavy (non-hydrogen) atoms. The summed E-state index contributed by atoms with van der Waals surface area (Å²) in [5, 5.41) is 29.8. The van der Waals surface area contributed by atoms with Crippen LogP contribution in [0.1, 0.15) is 87.5 Å². The molecule has 0 aliphatic heterocycles. The number of halogens is 2. The molecule has 2 fully saturated rings. The monoisotopic (exact) mass is 1030 g/mol. The molecule has 6 heterocycles. The van der Waals surface area contributed by atoms with Crippen molar-refractivity contribution < 1.29 is 45.2 Å². The molecule has 0 saturated heterocycles. The molecular formula is C44H55Cl2N11O10S2. The molecule has 6 aromatic rings. The number of carboxylic acids is 1. The fourth-order valence-electron chi connectivity index (χ4n) is 7.95. The Balaban J connectivity index is 0.000000193. The summed E-state index contributed by atoms with van der Waals surface area (Å²) >= 11 is 12.1. The first kappa shape index (κ1) is 52.5. The number of aromatic nitrogens is 10. The largest absolute Gasteiger partial charge is 0.478 e. The zero-order chi connectivity index (χ0) is 51.4. The number of pyridine rings is 2. The van der Waals surface area contributed by atoms with Crippen molar-refractivity contribution in [3.05, 3.63) is 94.0 Å². The van der Waals surface area contributed by atoms with Gasteiger partial charge < -0.3 is 18.8 Å². The van der Waals surface area contributed by atoms with E-state index in [1.165, 1.54) is 43.1 Å². The molecular weight excluding hydrogens is 978 g/mol. The van der Waals surface area contributed by atoms with Crippen LogP contribution in [-0.4, -0.2) is 96.2 Å². The summed E-state index contributed by atoms with van der Waals surface area (Å²) in [7, 11) is -4.73. The number of rotatable bonds is 13. The average molecular weight is 1030 g/mol. The third-order valence-corrected chi connectivity index (χ3v) is 17.2. The fraction of sp³-hybridized carbons (Fsp3) is 0.455. The van der Waals surface area contributed by atoms with E-state index in [9.17, 15) is 26.4 Å². The van der Waals surface area contributed by atoms with Crippen LogP contribution in [0.3, 0.4) is 0 Å². The Kier molecular flexibility index (Phi) is 14.3. The third-order valence-electron chi connectivity index (χ3n) is 14.3. The lowest BCUT2D eigenvalue weighted by Crippen LogP contribution is -2.15. The van der Waals surface area contributed by atoms with E-state index in [4.69, 9.17) is 47.1 Å². The molecule has 6 aromatic heterocycles. The second-order valence-corrected chi connectivity index (χ2v) is 22.7. The molecule has 25 heteroatoms. The van der Waals surface area contributed by atoms with Crippen LogP contribution in [0.15, 0.2) is 71.0 Å². The number of sulfonamides is 1. The predicted molar refractivity (Wildman–Crippen MR) is 253 cm³/mol. The summed E-state index contributed by atoms with van der Waals surface area (Å²) in [5.74, 6) is 0.366. The number of ether oxygens (including phenoxy) is 2. The van der Waals surface area contributed by atoms with Crippen LogP contribution in [-0.2, 0) is 38.4 Å². The molecule has 0 radical (unpaired) electrons. The number of nitrogens with two attached hydrogens (primary N) is 1. The van der Waals surface area contributed by atoms with Crippen LogP contribution in [0.5, 0.6) is 11.8 Å². The summed E-state index contributed by atoms with van der Waals surface area (Å²) in [5.41, 5.74) is 1.58. The molecule has 2 aliphatic rings. The van der Waals surface area contributed by atoms with Gasteiger partial charge >= 0.3 is 22.1 Å². The van der Waals surface area contributed by atoms with Crippen molar-refractivity contribution in [1.29, 1.82) is 0 Å². The van der Waals surface area contributed by atoms with Crippen molar-refractivity contribution in [2.24, 2.45) is 52.7 Å². The molecule has 0 spiro atoms. The first-order valence-corrected chi connectivity index (χ1v) is 25.0. The Hall–Kier alpha value is -5.88. The van der Waals surface area contributed by atoms with Crippen molar-refractivity contribution >= 4 is 55.3 Å². The van der Waals surface area contributed by atoms with Gasteiger partial charge in [0.1, 0.15) is 20.1 Å². The van der Waals surface area contributed by atoms with E-state index in [1.54, 1.807) is 58.5 Å². The number of carboxylic acid groups (broad SMARTS) is 1. The third kappa shape index (κ3) is 10.7. The molecule has 2 aliphatic carbocycles. The SMILES string of the molecule is CC1(C)C(COc2ccn(-c3ccc(C(=O)O)c(Cl)n3)n2)C1(C)C.Cc1c(S(=O)(=O)OC(=O)c2ccc(-n3ccc(OCC4C(C)(C)C4(C)C)n3)nc2Cl)cnn1C.Cc1c(S(N)(=O)=O)cnn1C. The lowest BCUT2D eigenvalue weighted by Gasteiger charge is -2.08. The van der Waals surface area contributed by atoms with Crippen molar-refractivity contribution in [3.8, 4) is 23.4 Å². The molecule has 0 aromatic carbocycles. The van der Waals surface area contributed by atoms with Crippen LogP contribution in [0, 0.1) is 47.3 Å². The number of hydrogen-bond acceptors (Lipinski definition) is 15. The van der Waals surface area contributed by atoms with Gasteiger partial charge in [-0.15, -0.1) is 10.2 Å². The highest BCUT2D eigenvalue weighted by Gasteiger charge is 2.65. The van der Waals surface area contributed by atoms with E-state index in [0.717, 1.165) is 6.20 Å². The number of carbonyl (C=O) groups excluding carboxylic acids is 1. The van der Waals surface area contributed by atoms with Gasteiger partial charge in [0.05, 0.1) is 48.1 Å². The molecule has 8 rings (SSSR count). The molecule has 0 unspecified atom stereocenters. The minimum atomic E-state index is -4.37. The molecule has 2 saturated carbocycles. The minimum Gasteiger partial charge on any atom is -0.478 e. The van der Waals surface area contributed by atoms with E-state index >= 15 is 0 Å². The molecule has 21 nitrogen and oxygen atoms in total. The maximum atomic E-state index is 12.5. The van der Waals surface area contributed by atoms with E-state index in [1.807, 2.05) is 0 Å². The summed E-state index contributed by atoms with van der Waals surface area (Å²) in [6, 6.07) is 9.24. The van der Waals surface area contributed by atoms with Crippen LogP contribution in [0.2, 0.25) is 10.3 Å². The van der Waals surface area contributed by atoms with Gasteiger partial charge in [-0.05, 0) is 59.8 Å². The zero-order valence-electron chi connectivity index (χ0n) is 40.1. The van der Waals surface area contributed by atoms with Crippen molar-refractivity contribution in [2.75, 3.05) is 13.2 Å². The number of aryl methyl sites for hydroxylation is 2. The fourth-order valence-corrected chi connectivity index (χ4v) is 10.2. The number of aromatic carboxylic acids is 1. The highest BCUT2D eigenvalue weighted by molar-refractivity contribution is 7.89. The lowest BCUT2D eigenvalue weighted by atomic mass is 10.0. The smallest absolute Gasteiger partial charge is 0.357 e. The van der Waals surface area contributed by atoms with Gasteiger partial charge in [-0.1, -0.05) is 78.6 Å². The van der Waals surface area contributed by atoms with Crippen LogP contribution < -0.4 is 14.6 Å². The van der Waals surface area contributed by atoms with Crippen LogP contribution >= 0.6 is 23.2 Å². The Morgan fingerprint density at radius 2 is 1.06 bits per heavy atom. The first-order valence-electron chi connectivity index (χ1n) is 21.3. The normalized spacial score (nSPS) is 16.6. The maximum absolute atomic E-state index is 12.5. The Morgan fingerprint density at radius 1 is 0.667 bits per heavy atom. The lowest BCUT2D eigenvalue weighted by molar-refractivity contribution is 0.0694. The molecule has 0 bridgehead atoms. The second kappa shape index (κ2) is 18.8. The molecule has 3 N–H and O–H groups in total. The van der Waals surface area contributed by atoms with E-state index in [0.29, 0.717) is 59.8 Å². The topological polar surface area (TPSA) is 273 Å². The Labute approximate surface area is 410 Å². The van der Waals surface area contributed by atoms with Gasteiger partial charge in [0.2, 0.25) is 21.8 Å². The Morgan fingerprint density at radius 3 is 1.38 bits per heavy atom. The maximum Gasteiger partial charge on any atom is 0.357 e. The average Bonchev–Trinajstić information content (AvgIpc) is 3.84. The van der Waals surface area contributed by atoms with Gasteiger partial charge in [-0.25, -0.2) is 42.5 Å². The van der Waals surface area contributed by atoms with Crippen molar-refractivity contribution in [2.45, 2.75) is 79.0 Å². The quantitative estimate of drug-likeness (QED) is 0.0908. The number of nitrogens with zero attached hydrogens (tertiary/aromatic N) is 10. The van der Waals surface area contributed by atoms with Crippen molar-refractivity contribution in [1.82, 2.24) is 49.1 Å². The number of hydrogen-bond donors (Lipinski definition) is 2. The van der Waals surface area contributed by atoms with Crippen LogP contribution in [0.4, 0.5) is 0 Å². The highest BCUT2D eigenvalue weighted by atomic mass is 35.5. The van der Waals surface area contributed by atoms with Gasteiger partial charge in [0.25, 0.3) is 0 Å². The summed E-state index contributed by atoms with van der Waals surface area (Å²) in [6.45, 7) is 22.2. The summed E-state index contributed by atoms with van der Waals surface area (Å²) < 4.78 is 68.7. The van der Waals surface area contributed by atoms with Crippen molar-refractivity contribution in [3.63, 3.8) is 0 Å². The van der Waals surface area contributed by atoms with Gasteiger partial charge in [0, 0.05) is 50.5 Å². The zero-order valence-corrected chi connectivity index (χ0v) is 43.2. The first-order chi connectivity index (χ1) is 31.8.